The molecule has 3 rings (SSSR count). The van der Waals surface area contributed by atoms with Crippen LogP contribution in [0.4, 0.5) is 0 Å². The Balaban J connectivity index is 1.81. The predicted molar refractivity (Wildman–Crippen MR) is 76.3 cm³/mol. The topological polar surface area (TPSA) is 83.9 Å². The van der Waals surface area contributed by atoms with Gasteiger partial charge in [-0.1, -0.05) is 12.2 Å². The number of hydrogen-bond donors (Lipinski definition) is 1. The summed E-state index contributed by atoms with van der Waals surface area (Å²) in [4.78, 5) is 25.6. The molecule has 0 spiro atoms. The number of amides is 1. The highest BCUT2D eigenvalue weighted by Crippen LogP contribution is 2.17. The van der Waals surface area contributed by atoms with E-state index in [2.05, 4.69) is 22.1 Å². The van der Waals surface area contributed by atoms with Gasteiger partial charge < -0.3 is 4.90 Å². The first-order valence-corrected chi connectivity index (χ1v) is 6.72. The number of nitrogens with zero attached hydrogens (tertiary/aromatic N) is 4. The molecule has 1 amide bonds. The van der Waals surface area contributed by atoms with E-state index in [1.165, 1.54) is 0 Å². The molecular formula is C14H15N5O2. The van der Waals surface area contributed by atoms with Crippen LogP contribution in [0.5, 0.6) is 0 Å². The van der Waals surface area contributed by atoms with Crippen LogP contribution in [0.1, 0.15) is 23.2 Å². The molecule has 2 aromatic rings. The summed E-state index contributed by atoms with van der Waals surface area (Å²) in [5, 5.41) is 9.30. The van der Waals surface area contributed by atoms with Crippen LogP contribution >= 0.6 is 0 Å². The van der Waals surface area contributed by atoms with E-state index in [1.54, 1.807) is 29.2 Å². The summed E-state index contributed by atoms with van der Waals surface area (Å²) >= 11 is 0. The van der Waals surface area contributed by atoms with E-state index in [0.29, 0.717) is 17.8 Å². The lowest BCUT2D eigenvalue weighted by Crippen LogP contribution is -2.36. The van der Waals surface area contributed by atoms with Crippen molar-refractivity contribution < 1.29 is 4.79 Å². The Morgan fingerprint density at radius 3 is 2.67 bits per heavy atom. The van der Waals surface area contributed by atoms with E-state index in [0.717, 1.165) is 29.6 Å². The summed E-state index contributed by atoms with van der Waals surface area (Å²) in [7, 11) is 0. The molecule has 2 heterocycles. The minimum Gasteiger partial charge on any atom is -0.335 e. The number of benzene rings is 1. The Morgan fingerprint density at radius 2 is 2.05 bits per heavy atom. The summed E-state index contributed by atoms with van der Waals surface area (Å²) in [6, 6.07) is 6.73. The van der Waals surface area contributed by atoms with Gasteiger partial charge in [0.25, 0.3) is 5.91 Å². The molecule has 108 valence electrons. The molecule has 0 saturated carbocycles. The molecule has 1 N–H and O–H groups in total. The molecule has 21 heavy (non-hydrogen) atoms. The molecule has 0 bridgehead atoms. The zero-order chi connectivity index (χ0) is 14.8. The zero-order valence-corrected chi connectivity index (χ0v) is 11.5. The summed E-state index contributed by atoms with van der Waals surface area (Å²) < 4.78 is 1.14. The molecule has 1 fully saturated rings. The van der Waals surface area contributed by atoms with Gasteiger partial charge in [0.05, 0.1) is 5.69 Å². The number of carbonyl (C=O) groups excluding carboxylic acids is 1. The Labute approximate surface area is 120 Å². The highest BCUT2D eigenvalue weighted by molar-refractivity contribution is 5.94. The van der Waals surface area contributed by atoms with Gasteiger partial charge in [-0.2, -0.15) is 4.68 Å². The number of hydrogen-bond acceptors (Lipinski definition) is 4. The predicted octanol–water partition coefficient (Wildman–Crippen LogP) is 0.748. The molecule has 7 nitrogen and oxygen atoms in total. The van der Waals surface area contributed by atoms with Crippen molar-refractivity contribution in [3.63, 3.8) is 0 Å². The molecule has 1 aromatic carbocycles. The largest absolute Gasteiger partial charge is 0.365 e. The normalized spacial score (nSPS) is 15.2. The molecule has 0 radical (unpaired) electrons. The number of aromatic nitrogens is 4. The number of carbonyl (C=O) groups is 1. The quantitative estimate of drug-likeness (QED) is 0.825. The number of rotatable bonds is 2. The van der Waals surface area contributed by atoms with E-state index >= 15 is 0 Å². The third kappa shape index (κ3) is 2.62. The maximum absolute atomic E-state index is 12.4. The second-order valence-electron chi connectivity index (χ2n) is 5.05. The van der Waals surface area contributed by atoms with Gasteiger partial charge in [0.2, 0.25) is 0 Å². The summed E-state index contributed by atoms with van der Waals surface area (Å²) in [5.74, 6) is -0.0186. The van der Waals surface area contributed by atoms with Crippen molar-refractivity contribution in [2.24, 2.45) is 0 Å². The van der Waals surface area contributed by atoms with E-state index in [1.807, 2.05) is 0 Å². The number of aromatic amines is 1. The first-order valence-electron chi connectivity index (χ1n) is 6.72. The number of likely N-dealkylation sites (tertiary alicyclic amines) is 1. The third-order valence-corrected chi connectivity index (χ3v) is 3.49. The second-order valence-corrected chi connectivity index (χ2v) is 5.05. The van der Waals surface area contributed by atoms with Crippen molar-refractivity contribution >= 4 is 5.91 Å². The summed E-state index contributed by atoms with van der Waals surface area (Å²) in [6.45, 7) is 5.31. The van der Waals surface area contributed by atoms with Crippen LogP contribution in [-0.2, 0) is 0 Å². The molecule has 1 saturated heterocycles. The van der Waals surface area contributed by atoms with Crippen LogP contribution in [0.2, 0.25) is 0 Å². The second kappa shape index (κ2) is 5.35. The zero-order valence-electron chi connectivity index (χ0n) is 11.5. The van der Waals surface area contributed by atoms with Gasteiger partial charge in [-0.3, -0.25) is 4.79 Å². The van der Waals surface area contributed by atoms with Crippen molar-refractivity contribution in [2.75, 3.05) is 13.1 Å². The molecule has 7 heteroatoms. The average Bonchev–Trinajstić information content (AvgIpc) is 2.93. The standard InChI is InChI=1S/C14H15N5O2/c1-10-3-2-8-18(9-10)13(20)11-4-6-12(7-5-11)19-14(21)15-16-17-19/h4-7H,1-3,8-9H2,(H,15,17,21). The third-order valence-electron chi connectivity index (χ3n) is 3.49. The lowest BCUT2D eigenvalue weighted by Gasteiger charge is -2.28. The fraction of sp³-hybridized carbons (Fsp3) is 0.286. The van der Waals surface area contributed by atoms with Crippen molar-refractivity contribution in [2.45, 2.75) is 12.8 Å². The minimum absolute atomic E-state index is 0.0186. The van der Waals surface area contributed by atoms with Crippen molar-refractivity contribution in [1.29, 1.82) is 0 Å². The summed E-state index contributed by atoms with van der Waals surface area (Å²) in [5.41, 5.74) is 1.82. The van der Waals surface area contributed by atoms with Gasteiger partial charge >= 0.3 is 5.69 Å². The maximum atomic E-state index is 12.4. The van der Waals surface area contributed by atoms with E-state index in [4.69, 9.17) is 0 Å². The number of nitrogens with one attached hydrogen (secondary N) is 1. The van der Waals surface area contributed by atoms with E-state index < -0.39 is 5.69 Å². The number of H-pyrrole nitrogens is 1. The molecular weight excluding hydrogens is 270 g/mol. The van der Waals surface area contributed by atoms with Crippen molar-refractivity contribution in [1.82, 2.24) is 25.1 Å². The van der Waals surface area contributed by atoms with Gasteiger partial charge in [0, 0.05) is 18.7 Å². The Morgan fingerprint density at radius 1 is 1.29 bits per heavy atom. The molecule has 1 aliphatic rings. The van der Waals surface area contributed by atoms with Crippen LogP contribution in [0.25, 0.3) is 5.69 Å². The highest BCUT2D eigenvalue weighted by atomic mass is 16.2. The monoisotopic (exact) mass is 285 g/mol. The first kappa shape index (κ1) is 13.3. The average molecular weight is 285 g/mol. The fourth-order valence-electron chi connectivity index (χ4n) is 2.42. The Hall–Kier alpha value is -2.70. The Bertz CT molecular complexity index is 728. The number of tetrazole rings is 1. The Kier molecular flexibility index (Phi) is 3.39. The molecule has 0 aliphatic carbocycles. The van der Waals surface area contributed by atoms with Gasteiger partial charge in [0.15, 0.2) is 0 Å². The summed E-state index contributed by atoms with van der Waals surface area (Å²) in [6.07, 6.45) is 1.94. The maximum Gasteiger partial charge on any atom is 0.365 e. The molecule has 1 aliphatic heterocycles. The van der Waals surface area contributed by atoms with E-state index in [9.17, 15) is 9.59 Å². The van der Waals surface area contributed by atoms with Crippen LogP contribution < -0.4 is 5.69 Å². The van der Waals surface area contributed by atoms with Gasteiger partial charge in [0.1, 0.15) is 0 Å². The highest BCUT2D eigenvalue weighted by Gasteiger charge is 2.19. The van der Waals surface area contributed by atoms with Crippen molar-refractivity contribution in [3.8, 4) is 5.69 Å². The minimum atomic E-state index is -0.415. The molecule has 0 unspecified atom stereocenters. The van der Waals surface area contributed by atoms with Gasteiger partial charge in [-0.05, 0) is 47.5 Å². The fourth-order valence-corrected chi connectivity index (χ4v) is 2.42. The smallest absolute Gasteiger partial charge is 0.335 e. The lowest BCUT2D eigenvalue weighted by molar-refractivity contribution is 0.0752. The van der Waals surface area contributed by atoms with Gasteiger partial charge in [-0.25, -0.2) is 9.89 Å². The molecule has 0 atom stereocenters. The lowest BCUT2D eigenvalue weighted by atomic mass is 10.1. The van der Waals surface area contributed by atoms with Crippen LogP contribution in [0.15, 0.2) is 41.2 Å². The SMILES string of the molecule is C=C1CCCN(C(=O)c2ccc(-n3nn[nH]c3=O)cc2)C1. The number of piperidine rings is 1. The van der Waals surface area contributed by atoms with Gasteiger partial charge in [-0.15, -0.1) is 0 Å². The molecule has 1 aromatic heterocycles. The van der Waals surface area contributed by atoms with Crippen LogP contribution in [0.3, 0.4) is 0 Å². The van der Waals surface area contributed by atoms with Crippen molar-refractivity contribution in [3.05, 3.63) is 52.5 Å². The van der Waals surface area contributed by atoms with Crippen LogP contribution in [0, 0.1) is 0 Å². The van der Waals surface area contributed by atoms with E-state index in [-0.39, 0.29) is 5.91 Å². The van der Waals surface area contributed by atoms with Crippen LogP contribution in [-0.4, -0.2) is 44.1 Å². The first-order chi connectivity index (χ1) is 10.1.